The Balaban J connectivity index is 1.91. The van der Waals surface area contributed by atoms with Crippen LogP contribution in [-0.2, 0) is 9.47 Å². The van der Waals surface area contributed by atoms with Gasteiger partial charge in [0.2, 0.25) is 0 Å². The van der Waals surface area contributed by atoms with Crippen LogP contribution in [0.3, 0.4) is 0 Å². The van der Waals surface area contributed by atoms with Crippen molar-refractivity contribution in [3.05, 3.63) is 35.8 Å². The maximum absolute atomic E-state index is 13.1. The number of nitrogens with two attached hydrogens (primary N) is 1. The summed E-state index contributed by atoms with van der Waals surface area (Å²) < 4.78 is 28.9. The molecule has 0 saturated heterocycles. The Kier molecular flexibility index (Phi) is 4.90. The van der Waals surface area contributed by atoms with Gasteiger partial charge in [0.05, 0.1) is 19.3 Å². The van der Waals surface area contributed by atoms with Crippen LogP contribution in [-0.4, -0.2) is 26.9 Å². The van der Waals surface area contributed by atoms with Gasteiger partial charge in [-0.3, -0.25) is 0 Å². The normalized spacial score (nSPS) is 13.0. The first kappa shape index (κ1) is 14.0. The van der Waals surface area contributed by atoms with Crippen LogP contribution >= 0.6 is 0 Å². The molecule has 0 amide bonds. The van der Waals surface area contributed by atoms with Gasteiger partial charge in [0.1, 0.15) is 17.2 Å². The minimum atomic E-state index is -0.281. The third-order valence-corrected chi connectivity index (χ3v) is 2.87. The second-order valence-corrected chi connectivity index (χ2v) is 4.33. The van der Waals surface area contributed by atoms with Crippen molar-refractivity contribution in [3.8, 4) is 0 Å². The van der Waals surface area contributed by atoms with E-state index >= 15 is 0 Å². The van der Waals surface area contributed by atoms with E-state index in [-0.39, 0.29) is 11.9 Å². The molecule has 0 aliphatic rings. The first-order valence-electron chi connectivity index (χ1n) is 6.22. The number of hydrogen-bond acceptors (Lipinski definition) is 4. The lowest BCUT2D eigenvalue weighted by Gasteiger charge is -2.08. The molecule has 4 nitrogen and oxygen atoms in total. The number of halogens is 1. The summed E-state index contributed by atoms with van der Waals surface area (Å²) in [5.74, 6) is 0.368. The summed E-state index contributed by atoms with van der Waals surface area (Å²) in [4.78, 5) is 0. The van der Waals surface area contributed by atoms with Crippen LogP contribution in [0.25, 0.3) is 11.0 Å². The quantitative estimate of drug-likeness (QED) is 0.783. The maximum atomic E-state index is 13.1. The van der Waals surface area contributed by atoms with Gasteiger partial charge in [0.25, 0.3) is 0 Å². The average molecular weight is 267 g/mol. The van der Waals surface area contributed by atoms with E-state index in [0.717, 1.165) is 5.39 Å². The molecule has 1 unspecified atom stereocenters. The van der Waals surface area contributed by atoms with Gasteiger partial charge in [0.15, 0.2) is 0 Å². The molecule has 1 heterocycles. The lowest BCUT2D eigenvalue weighted by molar-refractivity contribution is 0.0665. The topological polar surface area (TPSA) is 57.6 Å². The fraction of sp³-hybridized carbons (Fsp3) is 0.429. The van der Waals surface area contributed by atoms with Crippen molar-refractivity contribution in [1.82, 2.24) is 0 Å². The minimum absolute atomic E-state index is 0.252. The molecule has 0 spiro atoms. The van der Waals surface area contributed by atoms with Gasteiger partial charge in [-0.1, -0.05) is 0 Å². The van der Waals surface area contributed by atoms with Crippen molar-refractivity contribution < 1.29 is 18.3 Å². The Morgan fingerprint density at radius 3 is 2.89 bits per heavy atom. The lowest BCUT2D eigenvalue weighted by Crippen LogP contribution is -2.13. The Labute approximate surface area is 111 Å². The summed E-state index contributed by atoms with van der Waals surface area (Å²) in [6.07, 6.45) is 0.645. The molecule has 2 aromatic rings. The largest absolute Gasteiger partial charge is 0.459 e. The van der Waals surface area contributed by atoms with Gasteiger partial charge < -0.3 is 19.6 Å². The Morgan fingerprint density at radius 2 is 2.11 bits per heavy atom. The zero-order valence-corrected chi connectivity index (χ0v) is 10.9. The third-order valence-electron chi connectivity index (χ3n) is 2.87. The monoisotopic (exact) mass is 267 g/mol. The lowest BCUT2D eigenvalue weighted by atomic mass is 10.1. The van der Waals surface area contributed by atoms with Crippen LogP contribution in [0, 0.1) is 5.82 Å². The standard InChI is InChI=1S/C14H18FNO3/c1-17-6-7-18-5-4-12(16)14-9-10-8-11(15)2-3-13(10)19-14/h2-3,8-9,12H,4-7,16H2,1H3. The van der Waals surface area contributed by atoms with Crippen LogP contribution in [0.5, 0.6) is 0 Å². The molecule has 0 saturated carbocycles. The summed E-state index contributed by atoms with van der Waals surface area (Å²) in [6.45, 7) is 1.66. The second kappa shape index (κ2) is 6.65. The number of methoxy groups -OCH3 is 1. The predicted molar refractivity (Wildman–Crippen MR) is 70.4 cm³/mol. The zero-order valence-electron chi connectivity index (χ0n) is 10.9. The van der Waals surface area contributed by atoms with Crippen molar-refractivity contribution in [2.75, 3.05) is 26.9 Å². The molecule has 1 aromatic heterocycles. The third kappa shape index (κ3) is 3.76. The van der Waals surface area contributed by atoms with Gasteiger partial charge in [-0.2, -0.15) is 0 Å². The van der Waals surface area contributed by atoms with Crippen molar-refractivity contribution in [3.63, 3.8) is 0 Å². The molecule has 1 atom stereocenters. The van der Waals surface area contributed by atoms with Gasteiger partial charge in [-0.05, 0) is 30.7 Å². The smallest absolute Gasteiger partial charge is 0.134 e. The predicted octanol–water partition coefficient (Wildman–Crippen LogP) is 2.62. The molecule has 0 aliphatic heterocycles. The number of furan rings is 1. The number of hydrogen-bond donors (Lipinski definition) is 1. The molecule has 19 heavy (non-hydrogen) atoms. The van der Waals surface area contributed by atoms with E-state index in [1.54, 1.807) is 19.2 Å². The van der Waals surface area contributed by atoms with E-state index in [2.05, 4.69) is 0 Å². The highest BCUT2D eigenvalue weighted by Gasteiger charge is 2.12. The van der Waals surface area contributed by atoms with E-state index in [1.165, 1.54) is 12.1 Å². The van der Waals surface area contributed by atoms with Gasteiger partial charge in [0, 0.05) is 19.1 Å². The van der Waals surface area contributed by atoms with Crippen molar-refractivity contribution in [1.29, 1.82) is 0 Å². The SMILES string of the molecule is COCCOCCC(N)c1cc2cc(F)ccc2o1. The summed E-state index contributed by atoms with van der Waals surface area (Å²) in [5, 5.41) is 0.728. The molecular weight excluding hydrogens is 249 g/mol. The molecule has 0 radical (unpaired) electrons. The minimum Gasteiger partial charge on any atom is -0.459 e. The number of benzene rings is 1. The zero-order chi connectivity index (χ0) is 13.7. The van der Waals surface area contributed by atoms with E-state index in [9.17, 15) is 4.39 Å². The Hall–Kier alpha value is -1.43. The summed E-state index contributed by atoms with van der Waals surface area (Å²) >= 11 is 0. The van der Waals surface area contributed by atoms with Crippen molar-refractivity contribution >= 4 is 11.0 Å². The van der Waals surface area contributed by atoms with Crippen LogP contribution in [0.1, 0.15) is 18.2 Å². The summed E-state index contributed by atoms with van der Waals surface area (Å²) in [7, 11) is 1.63. The molecule has 0 bridgehead atoms. The number of rotatable bonds is 7. The summed E-state index contributed by atoms with van der Waals surface area (Å²) in [5.41, 5.74) is 6.66. The Morgan fingerprint density at radius 1 is 1.26 bits per heavy atom. The second-order valence-electron chi connectivity index (χ2n) is 4.33. The molecule has 0 aliphatic carbocycles. The van der Waals surface area contributed by atoms with Crippen LogP contribution in [0.4, 0.5) is 4.39 Å². The van der Waals surface area contributed by atoms with E-state index in [4.69, 9.17) is 19.6 Å². The van der Waals surface area contributed by atoms with Gasteiger partial charge in [-0.25, -0.2) is 4.39 Å². The van der Waals surface area contributed by atoms with Crippen LogP contribution in [0.15, 0.2) is 28.7 Å². The van der Waals surface area contributed by atoms with Gasteiger partial charge in [-0.15, -0.1) is 0 Å². The number of fused-ring (bicyclic) bond motifs is 1. The first-order chi connectivity index (χ1) is 9.20. The van der Waals surface area contributed by atoms with E-state index < -0.39 is 0 Å². The van der Waals surface area contributed by atoms with Crippen LogP contribution < -0.4 is 5.73 Å². The molecular formula is C14H18FNO3. The maximum Gasteiger partial charge on any atom is 0.134 e. The Bertz CT molecular complexity index is 526. The van der Waals surface area contributed by atoms with Crippen LogP contribution in [0.2, 0.25) is 0 Å². The van der Waals surface area contributed by atoms with Gasteiger partial charge >= 0.3 is 0 Å². The van der Waals surface area contributed by atoms with Crippen molar-refractivity contribution in [2.45, 2.75) is 12.5 Å². The molecule has 1 aromatic carbocycles. The van der Waals surface area contributed by atoms with E-state index in [1.807, 2.05) is 0 Å². The molecule has 2 N–H and O–H groups in total. The highest BCUT2D eigenvalue weighted by molar-refractivity contribution is 5.77. The highest BCUT2D eigenvalue weighted by atomic mass is 19.1. The fourth-order valence-electron chi connectivity index (χ4n) is 1.81. The highest BCUT2D eigenvalue weighted by Crippen LogP contribution is 2.25. The first-order valence-corrected chi connectivity index (χ1v) is 6.22. The van der Waals surface area contributed by atoms with E-state index in [0.29, 0.717) is 37.6 Å². The molecule has 5 heteroatoms. The fourth-order valence-corrected chi connectivity index (χ4v) is 1.81. The van der Waals surface area contributed by atoms with Crippen molar-refractivity contribution in [2.24, 2.45) is 5.73 Å². The molecule has 0 fully saturated rings. The summed E-state index contributed by atoms with van der Waals surface area (Å²) in [6, 6.07) is 5.94. The number of ether oxygens (including phenoxy) is 2. The molecule has 104 valence electrons. The average Bonchev–Trinajstić information content (AvgIpc) is 2.81. The molecule has 2 rings (SSSR count).